The van der Waals surface area contributed by atoms with Gasteiger partial charge in [-0.15, -0.1) is 0 Å². The molecule has 1 aliphatic rings. The number of phenols is 1. The SMILES string of the molecule is Oc1cc2c(cc1C=Nc1ccccc1)OCC2. The lowest BCUT2D eigenvalue weighted by Gasteiger charge is -2.03. The van der Waals surface area contributed by atoms with Gasteiger partial charge in [-0.2, -0.15) is 0 Å². The lowest BCUT2D eigenvalue weighted by Crippen LogP contribution is -1.87. The molecule has 3 nitrogen and oxygen atoms in total. The molecule has 1 aliphatic heterocycles. The van der Waals surface area contributed by atoms with Crippen molar-refractivity contribution in [1.82, 2.24) is 0 Å². The maximum Gasteiger partial charge on any atom is 0.124 e. The molecule has 0 saturated carbocycles. The molecule has 3 rings (SSSR count). The Morgan fingerprint density at radius 2 is 2.00 bits per heavy atom. The molecule has 0 unspecified atom stereocenters. The van der Waals surface area contributed by atoms with Gasteiger partial charge in [0.15, 0.2) is 0 Å². The zero-order valence-corrected chi connectivity index (χ0v) is 9.84. The quantitative estimate of drug-likeness (QED) is 0.818. The van der Waals surface area contributed by atoms with Crippen LogP contribution < -0.4 is 4.74 Å². The fourth-order valence-corrected chi connectivity index (χ4v) is 1.99. The molecule has 1 N–H and O–H groups in total. The summed E-state index contributed by atoms with van der Waals surface area (Å²) >= 11 is 0. The zero-order valence-electron chi connectivity index (χ0n) is 9.84. The van der Waals surface area contributed by atoms with E-state index in [1.165, 1.54) is 0 Å². The average Bonchev–Trinajstić information content (AvgIpc) is 2.84. The summed E-state index contributed by atoms with van der Waals surface area (Å²) in [5.74, 6) is 1.10. The van der Waals surface area contributed by atoms with Crippen molar-refractivity contribution < 1.29 is 9.84 Å². The van der Waals surface area contributed by atoms with E-state index < -0.39 is 0 Å². The molecule has 0 bridgehead atoms. The fourth-order valence-electron chi connectivity index (χ4n) is 1.99. The third kappa shape index (κ3) is 2.07. The number of aliphatic imine (C=N–C) groups is 1. The van der Waals surface area contributed by atoms with Crippen LogP contribution in [0.5, 0.6) is 11.5 Å². The molecule has 90 valence electrons. The van der Waals surface area contributed by atoms with Gasteiger partial charge in [0.05, 0.1) is 12.3 Å². The second kappa shape index (κ2) is 4.53. The molecule has 2 aromatic carbocycles. The van der Waals surface area contributed by atoms with Crippen LogP contribution in [0, 0.1) is 0 Å². The number of para-hydroxylation sites is 1. The minimum Gasteiger partial charge on any atom is -0.507 e. The molecule has 18 heavy (non-hydrogen) atoms. The summed E-state index contributed by atoms with van der Waals surface area (Å²) in [6.07, 6.45) is 2.52. The number of fused-ring (bicyclic) bond motifs is 1. The molecule has 0 spiro atoms. The van der Waals surface area contributed by atoms with Crippen LogP contribution in [0.2, 0.25) is 0 Å². The van der Waals surface area contributed by atoms with Gasteiger partial charge in [0.1, 0.15) is 11.5 Å². The molecule has 0 radical (unpaired) electrons. The number of hydrogen-bond donors (Lipinski definition) is 1. The Hall–Kier alpha value is -2.29. The molecule has 1 heterocycles. The Kier molecular flexibility index (Phi) is 2.73. The summed E-state index contributed by atoms with van der Waals surface area (Å²) in [4.78, 5) is 4.32. The molecule has 0 aromatic heterocycles. The van der Waals surface area contributed by atoms with E-state index in [2.05, 4.69) is 4.99 Å². The van der Waals surface area contributed by atoms with Crippen LogP contribution in [0.15, 0.2) is 47.5 Å². The maximum atomic E-state index is 9.91. The van der Waals surface area contributed by atoms with Gasteiger partial charge in [-0.25, -0.2) is 0 Å². The molecule has 0 aliphatic carbocycles. The van der Waals surface area contributed by atoms with Crippen LogP contribution in [-0.2, 0) is 6.42 Å². The second-order valence-electron chi connectivity index (χ2n) is 4.21. The van der Waals surface area contributed by atoms with Crippen molar-refractivity contribution in [3.63, 3.8) is 0 Å². The third-order valence-corrected chi connectivity index (χ3v) is 2.95. The zero-order chi connectivity index (χ0) is 12.4. The van der Waals surface area contributed by atoms with Crippen molar-refractivity contribution in [2.75, 3.05) is 6.61 Å². The summed E-state index contributed by atoms with van der Waals surface area (Å²) in [6, 6.07) is 13.2. The summed E-state index contributed by atoms with van der Waals surface area (Å²) < 4.78 is 5.47. The Morgan fingerprint density at radius 3 is 2.83 bits per heavy atom. The average molecular weight is 239 g/mol. The number of ether oxygens (including phenoxy) is 1. The van der Waals surface area contributed by atoms with Gasteiger partial charge in [0, 0.05) is 23.8 Å². The first-order chi connectivity index (χ1) is 8.83. The van der Waals surface area contributed by atoms with Gasteiger partial charge < -0.3 is 9.84 Å². The van der Waals surface area contributed by atoms with Crippen molar-refractivity contribution in [3.05, 3.63) is 53.6 Å². The number of hydrogen-bond acceptors (Lipinski definition) is 3. The van der Waals surface area contributed by atoms with Crippen LogP contribution >= 0.6 is 0 Å². The minimum absolute atomic E-state index is 0.249. The lowest BCUT2D eigenvalue weighted by atomic mass is 10.1. The molecule has 0 fully saturated rings. The minimum atomic E-state index is 0.249. The Labute approximate surface area is 105 Å². The van der Waals surface area contributed by atoms with E-state index in [0.717, 1.165) is 23.4 Å². The molecule has 0 saturated heterocycles. The van der Waals surface area contributed by atoms with Crippen molar-refractivity contribution >= 4 is 11.9 Å². The summed E-state index contributed by atoms with van der Waals surface area (Å²) in [5, 5.41) is 9.91. The third-order valence-electron chi connectivity index (χ3n) is 2.95. The highest BCUT2D eigenvalue weighted by Gasteiger charge is 2.14. The standard InChI is InChI=1S/C15H13NO2/c17-14-8-11-6-7-18-15(11)9-12(14)10-16-13-4-2-1-3-5-13/h1-5,8-10,17H,6-7H2. The number of phenolic OH excluding ortho intramolecular Hbond substituents is 1. The summed E-state index contributed by atoms with van der Waals surface area (Å²) in [6.45, 7) is 0.689. The van der Waals surface area contributed by atoms with Crippen LogP contribution in [0.25, 0.3) is 0 Å². The predicted octanol–water partition coefficient (Wildman–Crippen LogP) is 3.08. The normalized spacial score (nSPS) is 13.6. The largest absolute Gasteiger partial charge is 0.507 e. The second-order valence-corrected chi connectivity index (χ2v) is 4.21. The molecule has 0 atom stereocenters. The molecule has 3 heteroatoms. The van der Waals surface area contributed by atoms with Crippen molar-refractivity contribution in [2.24, 2.45) is 4.99 Å². The molecule has 0 amide bonds. The number of rotatable bonds is 2. The number of aromatic hydroxyl groups is 1. The first-order valence-electron chi connectivity index (χ1n) is 5.91. The summed E-state index contributed by atoms with van der Waals surface area (Å²) in [5.41, 5.74) is 2.60. The van der Waals surface area contributed by atoms with Crippen LogP contribution in [0.4, 0.5) is 5.69 Å². The monoisotopic (exact) mass is 239 g/mol. The Morgan fingerprint density at radius 1 is 1.17 bits per heavy atom. The van der Waals surface area contributed by atoms with E-state index in [9.17, 15) is 5.11 Å². The van der Waals surface area contributed by atoms with Gasteiger partial charge in [-0.1, -0.05) is 18.2 Å². The van der Waals surface area contributed by atoms with Gasteiger partial charge in [0.2, 0.25) is 0 Å². The van der Waals surface area contributed by atoms with E-state index in [4.69, 9.17) is 4.74 Å². The van der Waals surface area contributed by atoms with E-state index >= 15 is 0 Å². The Balaban J connectivity index is 1.91. The first-order valence-corrected chi connectivity index (χ1v) is 5.91. The molecule has 2 aromatic rings. The van der Waals surface area contributed by atoms with Crippen molar-refractivity contribution in [1.29, 1.82) is 0 Å². The predicted molar refractivity (Wildman–Crippen MR) is 71.0 cm³/mol. The molecular weight excluding hydrogens is 226 g/mol. The first kappa shape index (κ1) is 10.8. The lowest BCUT2D eigenvalue weighted by molar-refractivity contribution is 0.356. The van der Waals surface area contributed by atoms with E-state index in [1.807, 2.05) is 36.4 Å². The topological polar surface area (TPSA) is 41.8 Å². The highest BCUT2D eigenvalue weighted by atomic mass is 16.5. The van der Waals surface area contributed by atoms with Gasteiger partial charge in [-0.3, -0.25) is 4.99 Å². The highest BCUT2D eigenvalue weighted by molar-refractivity contribution is 5.86. The van der Waals surface area contributed by atoms with Gasteiger partial charge in [0.25, 0.3) is 0 Å². The van der Waals surface area contributed by atoms with Crippen molar-refractivity contribution in [2.45, 2.75) is 6.42 Å². The van der Waals surface area contributed by atoms with Crippen LogP contribution in [-0.4, -0.2) is 17.9 Å². The van der Waals surface area contributed by atoms with Gasteiger partial charge >= 0.3 is 0 Å². The smallest absolute Gasteiger partial charge is 0.124 e. The molecular formula is C15H13NO2. The maximum absolute atomic E-state index is 9.91. The van der Waals surface area contributed by atoms with E-state index in [-0.39, 0.29) is 5.75 Å². The van der Waals surface area contributed by atoms with Crippen molar-refractivity contribution in [3.8, 4) is 11.5 Å². The summed E-state index contributed by atoms with van der Waals surface area (Å²) in [7, 11) is 0. The van der Waals surface area contributed by atoms with Gasteiger partial charge in [-0.05, 0) is 24.3 Å². The highest BCUT2D eigenvalue weighted by Crippen LogP contribution is 2.31. The van der Waals surface area contributed by atoms with Crippen LogP contribution in [0.3, 0.4) is 0 Å². The number of benzene rings is 2. The van der Waals surface area contributed by atoms with E-state index in [1.54, 1.807) is 12.3 Å². The van der Waals surface area contributed by atoms with E-state index in [0.29, 0.717) is 12.2 Å². The van der Waals surface area contributed by atoms with Crippen LogP contribution in [0.1, 0.15) is 11.1 Å². The Bertz CT molecular complexity index is 591. The fraction of sp³-hybridized carbons (Fsp3) is 0.133. The number of nitrogens with zero attached hydrogens (tertiary/aromatic N) is 1.